The molecule has 1 N–H and O–H groups in total. The topological polar surface area (TPSA) is 94.2 Å². The van der Waals surface area contributed by atoms with E-state index < -0.39 is 10.0 Å². The summed E-state index contributed by atoms with van der Waals surface area (Å²) in [7, 11) is -2.06. The molecule has 4 rings (SSSR count). The maximum Gasteiger partial charge on any atom is 0.243 e. The van der Waals surface area contributed by atoms with Gasteiger partial charge in [-0.05, 0) is 49.2 Å². The van der Waals surface area contributed by atoms with Crippen molar-refractivity contribution in [3.05, 3.63) is 42.5 Å². The number of piperidine rings is 1. The Hall–Kier alpha value is -2.78. The molecule has 0 aliphatic carbocycles. The Morgan fingerprint density at radius 3 is 2.45 bits per heavy atom. The predicted molar refractivity (Wildman–Crippen MR) is 106 cm³/mol. The number of benzene rings is 2. The van der Waals surface area contributed by atoms with Crippen LogP contribution in [0.25, 0.3) is 0 Å². The number of nitrogens with one attached hydrogen (secondary N) is 1. The summed E-state index contributed by atoms with van der Waals surface area (Å²) >= 11 is 0. The minimum atomic E-state index is -3.59. The van der Waals surface area contributed by atoms with E-state index in [9.17, 15) is 13.2 Å². The van der Waals surface area contributed by atoms with E-state index in [1.807, 2.05) is 0 Å². The fraction of sp³-hybridized carbons (Fsp3) is 0.350. The van der Waals surface area contributed by atoms with E-state index in [1.165, 1.54) is 23.5 Å². The van der Waals surface area contributed by atoms with Gasteiger partial charge in [-0.1, -0.05) is 0 Å². The number of fused-ring (bicyclic) bond motifs is 1. The van der Waals surface area contributed by atoms with Crippen LogP contribution < -0.4 is 19.5 Å². The molecule has 1 saturated heterocycles. The highest BCUT2D eigenvalue weighted by atomic mass is 32.2. The fourth-order valence-corrected chi connectivity index (χ4v) is 4.94. The van der Waals surface area contributed by atoms with Gasteiger partial charge in [0.25, 0.3) is 0 Å². The summed E-state index contributed by atoms with van der Waals surface area (Å²) in [5.74, 6) is 1.49. The summed E-state index contributed by atoms with van der Waals surface area (Å²) in [6.45, 7) is 0.773. The number of carbonyl (C=O) groups excluding carboxylic acids is 1. The molecule has 1 amide bonds. The number of anilines is 1. The number of methoxy groups -OCH3 is 1. The van der Waals surface area contributed by atoms with Gasteiger partial charge in [0, 0.05) is 30.8 Å². The molecule has 154 valence electrons. The number of rotatable bonds is 5. The van der Waals surface area contributed by atoms with Crippen LogP contribution in [0.4, 0.5) is 5.69 Å². The molecule has 8 nitrogen and oxygen atoms in total. The third-order valence-electron chi connectivity index (χ3n) is 5.16. The molecule has 9 heteroatoms. The minimum Gasteiger partial charge on any atom is -0.497 e. The molecule has 0 unspecified atom stereocenters. The maximum absolute atomic E-state index is 12.8. The number of carbonyl (C=O) groups is 1. The molecular weight excluding hydrogens is 396 g/mol. The first-order valence-corrected chi connectivity index (χ1v) is 10.8. The molecule has 0 saturated carbocycles. The average molecular weight is 418 g/mol. The standard InChI is InChI=1S/C20H22N2O6S/c1-26-16-3-5-17(6-4-16)29(24,25)22-10-8-14(9-11-22)20(23)21-15-2-7-18-19(12-15)28-13-27-18/h2-7,12,14H,8-11,13H2,1H3,(H,21,23). The van der Waals surface area contributed by atoms with Gasteiger partial charge in [0.1, 0.15) is 5.75 Å². The van der Waals surface area contributed by atoms with Crippen LogP contribution in [0.1, 0.15) is 12.8 Å². The normalized spacial score (nSPS) is 17.1. The zero-order chi connectivity index (χ0) is 20.4. The Morgan fingerprint density at radius 2 is 1.76 bits per heavy atom. The Morgan fingerprint density at radius 1 is 1.07 bits per heavy atom. The molecular formula is C20H22N2O6S. The van der Waals surface area contributed by atoms with E-state index in [-0.39, 0.29) is 23.5 Å². The van der Waals surface area contributed by atoms with Crippen molar-refractivity contribution in [1.29, 1.82) is 0 Å². The number of ether oxygens (including phenoxy) is 3. The van der Waals surface area contributed by atoms with Crippen molar-refractivity contribution in [2.24, 2.45) is 5.92 Å². The zero-order valence-corrected chi connectivity index (χ0v) is 16.8. The van der Waals surface area contributed by atoms with Crippen LogP contribution in [-0.2, 0) is 14.8 Å². The van der Waals surface area contributed by atoms with Gasteiger partial charge in [-0.3, -0.25) is 4.79 Å². The monoisotopic (exact) mass is 418 g/mol. The van der Waals surface area contributed by atoms with Gasteiger partial charge >= 0.3 is 0 Å². The third-order valence-corrected chi connectivity index (χ3v) is 7.07. The highest BCUT2D eigenvalue weighted by Crippen LogP contribution is 2.34. The Balaban J connectivity index is 1.36. The van der Waals surface area contributed by atoms with E-state index in [0.29, 0.717) is 48.9 Å². The van der Waals surface area contributed by atoms with E-state index in [4.69, 9.17) is 14.2 Å². The lowest BCUT2D eigenvalue weighted by molar-refractivity contribution is -0.120. The second kappa shape index (κ2) is 7.92. The van der Waals surface area contributed by atoms with E-state index >= 15 is 0 Å². The lowest BCUT2D eigenvalue weighted by Crippen LogP contribution is -2.41. The molecule has 1 fully saturated rings. The van der Waals surface area contributed by atoms with Gasteiger partial charge in [0.05, 0.1) is 12.0 Å². The molecule has 29 heavy (non-hydrogen) atoms. The zero-order valence-electron chi connectivity index (χ0n) is 16.0. The lowest BCUT2D eigenvalue weighted by Gasteiger charge is -2.30. The first kappa shape index (κ1) is 19.5. The first-order chi connectivity index (χ1) is 14.0. The van der Waals surface area contributed by atoms with Crippen LogP contribution in [0.5, 0.6) is 17.2 Å². The van der Waals surface area contributed by atoms with Gasteiger partial charge < -0.3 is 19.5 Å². The largest absolute Gasteiger partial charge is 0.497 e. The van der Waals surface area contributed by atoms with Gasteiger partial charge in [0.15, 0.2) is 11.5 Å². The second-order valence-corrected chi connectivity index (χ2v) is 8.85. The van der Waals surface area contributed by atoms with Crippen LogP contribution in [0, 0.1) is 5.92 Å². The van der Waals surface area contributed by atoms with Crippen molar-refractivity contribution in [2.45, 2.75) is 17.7 Å². The van der Waals surface area contributed by atoms with Crippen molar-refractivity contribution in [1.82, 2.24) is 4.31 Å². The van der Waals surface area contributed by atoms with Crippen LogP contribution in [0.2, 0.25) is 0 Å². The highest BCUT2D eigenvalue weighted by Gasteiger charge is 2.32. The number of hydrogen-bond acceptors (Lipinski definition) is 6. The molecule has 0 radical (unpaired) electrons. The average Bonchev–Trinajstić information content (AvgIpc) is 3.22. The molecule has 0 bridgehead atoms. The van der Waals surface area contributed by atoms with Crippen LogP contribution in [0.3, 0.4) is 0 Å². The molecule has 2 aromatic carbocycles. The molecule has 0 spiro atoms. The maximum atomic E-state index is 12.8. The molecule has 2 aromatic rings. The molecule has 0 atom stereocenters. The summed E-state index contributed by atoms with van der Waals surface area (Å²) in [6.07, 6.45) is 0.928. The summed E-state index contributed by atoms with van der Waals surface area (Å²) < 4.78 is 42.7. The minimum absolute atomic E-state index is 0.120. The molecule has 2 heterocycles. The summed E-state index contributed by atoms with van der Waals surface area (Å²) in [5, 5.41) is 2.88. The van der Waals surface area contributed by atoms with Crippen molar-refractivity contribution in [3.63, 3.8) is 0 Å². The number of hydrogen-bond donors (Lipinski definition) is 1. The Labute approximate surface area is 169 Å². The summed E-state index contributed by atoms with van der Waals surface area (Å²) in [5.41, 5.74) is 0.632. The van der Waals surface area contributed by atoms with Crippen LogP contribution >= 0.6 is 0 Å². The van der Waals surface area contributed by atoms with Gasteiger partial charge in [-0.2, -0.15) is 4.31 Å². The second-order valence-electron chi connectivity index (χ2n) is 6.91. The molecule has 2 aliphatic rings. The quantitative estimate of drug-likeness (QED) is 0.802. The van der Waals surface area contributed by atoms with Crippen molar-refractivity contribution in [3.8, 4) is 17.2 Å². The van der Waals surface area contributed by atoms with Crippen molar-refractivity contribution >= 4 is 21.6 Å². The van der Waals surface area contributed by atoms with Gasteiger partial charge in [-0.15, -0.1) is 0 Å². The smallest absolute Gasteiger partial charge is 0.243 e. The number of sulfonamides is 1. The summed E-state index contributed by atoms with van der Waals surface area (Å²) in [4.78, 5) is 12.8. The molecule has 2 aliphatic heterocycles. The highest BCUT2D eigenvalue weighted by molar-refractivity contribution is 7.89. The van der Waals surface area contributed by atoms with E-state index in [0.717, 1.165) is 0 Å². The first-order valence-electron chi connectivity index (χ1n) is 9.32. The van der Waals surface area contributed by atoms with Crippen molar-refractivity contribution in [2.75, 3.05) is 32.3 Å². The van der Waals surface area contributed by atoms with Gasteiger partial charge in [-0.25, -0.2) is 8.42 Å². The Bertz CT molecular complexity index is 998. The van der Waals surface area contributed by atoms with E-state index in [2.05, 4.69) is 5.32 Å². The predicted octanol–water partition coefficient (Wildman–Crippen LogP) is 2.46. The fourth-order valence-electron chi connectivity index (χ4n) is 3.47. The SMILES string of the molecule is COc1ccc(S(=O)(=O)N2CCC(C(=O)Nc3ccc4c(c3)OCO4)CC2)cc1. The molecule has 0 aromatic heterocycles. The van der Waals surface area contributed by atoms with Crippen LogP contribution in [0.15, 0.2) is 47.4 Å². The number of amides is 1. The summed E-state index contributed by atoms with van der Waals surface area (Å²) in [6, 6.07) is 11.6. The van der Waals surface area contributed by atoms with Gasteiger partial charge in [0.2, 0.25) is 22.7 Å². The lowest BCUT2D eigenvalue weighted by atomic mass is 9.97. The Kier molecular flexibility index (Phi) is 5.33. The van der Waals surface area contributed by atoms with Crippen molar-refractivity contribution < 1.29 is 27.4 Å². The van der Waals surface area contributed by atoms with Crippen LogP contribution in [-0.4, -0.2) is 45.6 Å². The number of nitrogens with zero attached hydrogens (tertiary/aromatic N) is 1. The third kappa shape index (κ3) is 4.01. The van der Waals surface area contributed by atoms with E-state index in [1.54, 1.807) is 30.3 Å².